The van der Waals surface area contributed by atoms with Gasteiger partial charge in [-0.05, 0) is 49.2 Å². The highest BCUT2D eigenvalue weighted by atomic mass is 16.5. The van der Waals surface area contributed by atoms with Crippen LogP contribution in [0.4, 0.5) is 0 Å². The summed E-state index contributed by atoms with van der Waals surface area (Å²) in [5.74, 6) is 0.875. The van der Waals surface area contributed by atoms with E-state index in [9.17, 15) is 0 Å². The number of aromatic nitrogens is 3. The van der Waals surface area contributed by atoms with E-state index >= 15 is 0 Å². The summed E-state index contributed by atoms with van der Waals surface area (Å²) in [6.45, 7) is 4.33. The van der Waals surface area contributed by atoms with E-state index < -0.39 is 0 Å². The molecule has 3 aromatic rings. The molecular weight excluding hydrogens is 300 g/mol. The molecule has 0 radical (unpaired) electrons. The lowest BCUT2D eigenvalue weighted by Gasteiger charge is -2.21. The van der Waals surface area contributed by atoms with Gasteiger partial charge in [0.15, 0.2) is 0 Å². The Balaban J connectivity index is 1.72. The Kier molecular flexibility index (Phi) is 4.91. The zero-order valence-electron chi connectivity index (χ0n) is 14.2. The van der Waals surface area contributed by atoms with Crippen LogP contribution in [0.1, 0.15) is 37.1 Å². The highest BCUT2D eigenvalue weighted by Gasteiger charge is 2.12. The average molecular weight is 322 g/mol. The van der Waals surface area contributed by atoms with Gasteiger partial charge in [0.2, 0.25) is 0 Å². The summed E-state index contributed by atoms with van der Waals surface area (Å²) in [5, 5.41) is 7.82. The molecule has 1 heterocycles. The predicted molar refractivity (Wildman–Crippen MR) is 94.3 cm³/mol. The SMILES string of the molecule is COc1ccc([C@@H](C)N[C@H](C)c2cccc(-n3cncn3)c2)cc1. The predicted octanol–water partition coefficient (Wildman–Crippen LogP) is 3.69. The average Bonchev–Trinajstić information content (AvgIpc) is 3.16. The Morgan fingerprint density at radius 3 is 2.42 bits per heavy atom. The maximum atomic E-state index is 5.21. The number of nitrogens with one attached hydrogen (secondary N) is 1. The normalized spacial score (nSPS) is 13.5. The first kappa shape index (κ1) is 16.2. The molecule has 0 amide bonds. The van der Waals surface area contributed by atoms with Crippen molar-refractivity contribution in [2.24, 2.45) is 0 Å². The van der Waals surface area contributed by atoms with Crippen LogP contribution < -0.4 is 10.1 Å². The molecule has 0 fully saturated rings. The third-order valence-electron chi connectivity index (χ3n) is 4.17. The molecule has 0 aliphatic heterocycles. The molecule has 5 heteroatoms. The van der Waals surface area contributed by atoms with E-state index in [0.29, 0.717) is 0 Å². The summed E-state index contributed by atoms with van der Waals surface area (Å²) in [6.07, 6.45) is 3.25. The van der Waals surface area contributed by atoms with Crippen molar-refractivity contribution in [2.45, 2.75) is 25.9 Å². The molecule has 124 valence electrons. The molecule has 0 spiro atoms. The molecular formula is C19H22N4O. The van der Waals surface area contributed by atoms with E-state index in [-0.39, 0.29) is 12.1 Å². The fourth-order valence-electron chi connectivity index (χ4n) is 2.74. The molecule has 0 aliphatic rings. The number of methoxy groups -OCH3 is 1. The molecule has 5 nitrogen and oxygen atoms in total. The van der Waals surface area contributed by atoms with Crippen molar-refractivity contribution in [3.05, 3.63) is 72.3 Å². The van der Waals surface area contributed by atoms with Gasteiger partial charge >= 0.3 is 0 Å². The largest absolute Gasteiger partial charge is 0.497 e. The summed E-state index contributed by atoms with van der Waals surface area (Å²) in [6, 6.07) is 16.9. The summed E-state index contributed by atoms with van der Waals surface area (Å²) in [5.41, 5.74) is 3.45. The fourth-order valence-corrected chi connectivity index (χ4v) is 2.74. The Morgan fingerprint density at radius 2 is 1.75 bits per heavy atom. The van der Waals surface area contributed by atoms with Gasteiger partial charge in [0.25, 0.3) is 0 Å². The number of benzene rings is 2. The Hall–Kier alpha value is -2.66. The minimum absolute atomic E-state index is 0.213. The van der Waals surface area contributed by atoms with Crippen LogP contribution in [-0.2, 0) is 0 Å². The quantitative estimate of drug-likeness (QED) is 0.752. The summed E-state index contributed by atoms with van der Waals surface area (Å²) < 4.78 is 6.98. The van der Waals surface area contributed by atoms with E-state index in [1.54, 1.807) is 24.4 Å². The van der Waals surface area contributed by atoms with Gasteiger partial charge in [0.05, 0.1) is 12.8 Å². The van der Waals surface area contributed by atoms with Gasteiger partial charge in [-0.1, -0.05) is 24.3 Å². The third-order valence-corrected chi connectivity index (χ3v) is 4.17. The third kappa shape index (κ3) is 3.63. The Labute approximate surface area is 142 Å². The van der Waals surface area contributed by atoms with Crippen LogP contribution in [0, 0.1) is 0 Å². The van der Waals surface area contributed by atoms with Crippen molar-refractivity contribution >= 4 is 0 Å². The van der Waals surface area contributed by atoms with Crippen LogP contribution in [0.3, 0.4) is 0 Å². The molecule has 2 aromatic carbocycles. The van der Waals surface area contributed by atoms with Crippen molar-refractivity contribution in [3.8, 4) is 11.4 Å². The molecule has 0 saturated carbocycles. The lowest BCUT2D eigenvalue weighted by Crippen LogP contribution is -2.22. The fraction of sp³-hybridized carbons (Fsp3) is 0.263. The summed E-state index contributed by atoms with van der Waals surface area (Å²) in [4.78, 5) is 4.00. The van der Waals surface area contributed by atoms with Gasteiger partial charge in [-0.15, -0.1) is 0 Å². The van der Waals surface area contributed by atoms with Gasteiger partial charge in [0.1, 0.15) is 18.4 Å². The van der Waals surface area contributed by atoms with Crippen LogP contribution in [0.2, 0.25) is 0 Å². The number of nitrogens with zero attached hydrogens (tertiary/aromatic N) is 3. The van der Waals surface area contributed by atoms with Gasteiger partial charge < -0.3 is 10.1 Å². The van der Waals surface area contributed by atoms with Gasteiger partial charge in [-0.3, -0.25) is 0 Å². The number of hydrogen-bond acceptors (Lipinski definition) is 4. The van der Waals surface area contributed by atoms with Crippen LogP contribution in [0.15, 0.2) is 61.2 Å². The van der Waals surface area contributed by atoms with Gasteiger partial charge in [-0.25, -0.2) is 9.67 Å². The van der Waals surface area contributed by atoms with Crippen molar-refractivity contribution in [1.82, 2.24) is 20.1 Å². The number of rotatable bonds is 6. The maximum absolute atomic E-state index is 5.21. The van der Waals surface area contributed by atoms with Crippen molar-refractivity contribution < 1.29 is 4.74 Å². The van der Waals surface area contributed by atoms with Crippen molar-refractivity contribution in [1.29, 1.82) is 0 Å². The van der Waals surface area contributed by atoms with E-state index in [0.717, 1.165) is 11.4 Å². The van der Waals surface area contributed by atoms with E-state index in [1.165, 1.54) is 11.1 Å². The molecule has 0 unspecified atom stereocenters. The second kappa shape index (κ2) is 7.27. The molecule has 2 atom stereocenters. The van der Waals surface area contributed by atoms with Gasteiger partial charge in [-0.2, -0.15) is 5.10 Å². The zero-order chi connectivity index (χ0) is 16.9. The van der Waals surface area contributed by atoms with Crippen LogP contribution >= 0.6 is 0 Å². The lowest BCUT2D eigenvalue weighted by atomic mass is 10.0. The van der Waals surface area contributed by atoms with Gasteiger partial charge in [0, 0.05) is 12.1 Å². The second-order valence-electron chi connectivity index (χ2n) is 5.82. The van der Waals surface area contributed by atoms with Crippen LogP contribution in [-0.4, -0.2) is 21.9 Å². The lowest BCUT2D eigenvalue weighted by molar-refractivity contribution is 0.414. The first-order chi connectivity index (χ1) is 11.7. The Morgan fingerprint density at radius 1 is 1.00 bits per heavy atom. The molecule has 0 aliphatic carbocycles. The molecule has 1 N–H and O–H groups in total. The van der Waals surface area contributed by atoms with Crippen molar-refractivity contribution in [3.63, 3.8) is 0 Å². The second-order valence-corrected chi connectivity index (χ2v) is 5.82. The molecule has 0 saturated heterocycles. The van der Waals surface area contributed by atoms with E-state index in [1.807, 2.05) is 24.3 Å². The maximum Gasteiger partial charge on any atom is 0.138 e. The highest BCUT2D eigenvalue weighted by molar-refractivity contribution is 5.36. The van der Waals surface area contributed by atoms with E-state index in [4.69, 9.17) is 4.74 Å². The highest BCUT2D eigenvalue weighted by Crippen LogP contribution is 2.22. The van der Waals surface area contributed by atoms with Crippen LogP contribution in [0.5, 0.6) is 5.75 Å². The van der Waals surface area contributed by atoms with Crippen LogP contribution in [0.25, 0.3) is 5.69 Å². The summed E-state index contributed by atoms with van der Waals surface area (Å²) >= 11 is 0. The number of ether oxygens (including phenoxy) is 1. The van der Waals surface area contributed by atoms with Crippen molar-refractivity contribution in [2.75, 3.05) is 7.11 Å². The van der Waals surface area contributed by atoms with E-state index in [2.05, 4.69) is 53.5 Å². The molecule has 3 rings (SSSR count). The first-order valence-corrected chi connectivity index (χ1v) is 8.02. The standard InChI is InChI=1S/C19H22N4O/c1-14(16-7-9-19(24-3)10-8-16)22-15(2)17-5-4-6-18(11-17)23-13-20-12-21-23/h4-15,22H,1-3H3/t14-,15-/m1/s1. The number of hydrogen-bond donors (Lipinski definition) is 1. The minimum atomic E-state index is 0.213. The zero-order valence-corrected chi connectivity index (χ0v) is 14.2. The first-order valence-electron chi connectivity index (χ1n) is 8.02. The molecule has 24 heavy (non-hydrogen) atoms. The molecule has 1 aromatic heterocycles. The summed E-state index contributed by atoms with van der Waals surface area (Å²) in [7, 11) is 1.68. The minimum Gasteiger partial charge on any atom is -0.497 e. The monoisotopic (exact) mass is 322 g/mol. The Bertz CT molecular complexity index is 768. The smallest absolute Gasteiger partial charge is 0.138 e. The topological polar surface area (TPSA) is 52.0 Å². The molecule has 0 bridgehead atoms.